The predicted octanol–water partition coefficient (Wildman–Crippen LogP) is 3.40. The summed E-state index contributed by atoms with van der Waals surface area (Å²) in [5.41, 5.74) is 0.512. The minimum atomic E-state index is -2.94. The first kappa shape index (κ1) is 18.3. The molecule has 7 heteroatoms. The van der Waals surface area contributed by atoms with Gasteiger partial charge in [-0.3, -0.25) is 4.79 Å². The molecule has 134 valence electrons. The second kappa shape index (κ2) is 8.70. The van der Waals surface area contributed by atoms with Gasteiger partial charge in [-0.15, -0.1) is 0 Å². The molecular formula is C17H24F2N2O3. The first-order chi connectivity index (χ1) is 11.5. The number of halogens is 2. The van der Waals surface area contributed by atoms with Crippen LogP contribution in [0.1, 0.15) is 32.6 Å². The normalized spacial score (nSPS) is 20.5. The second-order valence-corrected chi connectivity index (χ2v) is 6.03. The summed E-state index contributed by atoms with van der Waals surface area (Å²) >= 11 is 0. The lowest BCUT2D eigenvalue weighted by atomic mass is 9.86. The zero-order valence-electron chi connectivity index (χ0n) is 14.0. The summed E-state index contributed by atoms with van der Waals surface area (Å²) in [6.45, 7) is -0.719. The molecule has 1 saturated carbocycles. The number of methoxy groups -OCH3 is 1. The fourth-order valence-electron chi connectivity index (χ4n) is 2.95. The number of hydrogen-bond acceptors (Lipinski definition) is 4. The summed E-state index contributed by atoms with van der Waals surface area (Å²) in [6, 6.07) is 4.76. The average molecular weight is 342 g/mol. The Morgan fingerprint density at radius 3 is 2.71 bits per heavy atom. The van der Waals surface area contributed by atoms with Gasteiger partial charge in [0.25, 0.3) is 0 Å². The van der Waals surface area contributed by atoms with Crippen LogP contribution in [0.5, 0.6) is 11.5 Å². The van der Waals surface area contributed by atoms with Crippen LogP contribution in [-0.4, -0.2) is 32.2 Å². The first-order valence-corrected chi connectivity index (χ1v) is 8.15. The Morgan fingerprint density at radius 1 is 1.29 bits per heavy atom. The molecule has 1 aromatic rings. The number of carbonyl (C=O) groups is 1. The zero-order valence-corrected chi connectivity index (χ0v) is 14.0. The standard InChI is InChI=1S/C17H24F2N2O3/c1-11-5-3-4-6-13(11)21-16(22)10-20-12-7-8-14(23-2)15(9-12)24-17(18)19/h7-9,11,13,17,20H,3-6,10H2,1-2H3,(H,21,22). The van der Waals surface area contributed by atoms with E-state index in [-0.39, 0.29) is 30.0 Å². The molecule has 1 aliphatic rings. The van der Waals surface area contributed by atoms with Gasteiger partial charge in [-0.1, -0.05) is 19.8 Å². The molecule has 0 aliphatic heterocycles. The molecule has 2 atom stereocenters. The van der Waals surface area contributed by atoms with Crippen molar-refractivity contribution in [1.82, 2.24) is 5.32 Å². The van der Waals surface area contributed by atoms with E-state index in [0.29, 0.717) is 11.6 Å². The van der Waals surface area contributed by atoms with Gasteiger partial charge in [0, 0.05) is 17.8 Å². The Morgan fingerprint density at radius 2 is 2.04 bits per heavy atom. The summed E-state index contributed by atoms with van der Waals surface area (Å²) in [5, 5.41) is 5.95. The predicted molar refractivity (Wildman–Crippen MR) is 87.7 cm³/mol. The lowest BCUT2D eigenvalue weighted by Crippen LogP contribution is -2.43. The maximum atomic E-state index is 12.4. The molecule has 2 unspecified atom stereocenters. The monoisotopic (exact) mass is 342 g/mol. The SMILES string of the molecule is COc1ccc(NCC(=O)NC2CCCCC2C)cc1OC(F)F. The van der Waals surface area contributed by atoms with E-state index in [0.717, 1.165) is 19.3 Å². The number of rotatable bonds is 7. The van der Waals surface area contributed by atoms with E-state index in [1.807, 2.05) is 0 Å². The smallest absolute Gasteiger partial charge is 0.387 e. The van der Waals surface area contributed by atoms with Gasteiger partial charge in [0.2, 0.25) is 5.91 Å². The second-order valence-electron chi connectivity index (χ2n) is 6.03. The quantitative estimate of drug-likeness (QED) is 0.797. The van der Waals surface area contributed by atoms with Gasteiger partial charge < -0.3 is 20.1 Å². The Bertz CT molecular complexity index is 555. The molecule has 0 spiro atoms. The molecule has 2 N–H and O–H groups in total. The highest BCUT2D eigenvalue weighted by Crippen LogP contribution is 2.31. The third-order valence-corrected chi connectivity index (χ3v) is 4.29. The third kappa shape index (κ3) is 5.25. The minimum Gasteiger partial charge on any atom is -0.493 e. The van der Waals surface area contributed by atoms with Gasteiger partial charge in [-0.25, -0.2) is 0 Å². The molecular weight excluding hydrogens is 318 g/mol. The Hall–Kier alpha value is -2.05. The van der Waals surface area contributed by atoms with E-state index < -0.39 is 6.61 Å². The van der Waals surface area contributed by atoms with Crippen LogP contribution in [0.2, 0.25) is 0 Å². The van der Waals surface area contributed by atoms with Crippen molar-refractivity contribution in [2.75, 3.05) is 19.0 Å². The van der Waals surface area contributed by atoms with Crippen LogP contribution in [0.4, 0.5) is 14.5 Å². The number of anilines is 1. The topological polar surface area (TPSA) is 59.6 Å². The molecule has 1 aromatic carbocycles. The lowest BCUT2D eigenvalue weighted by molar-refractivity contribution is -0.120. The van der Waals surface area contributed by atoms with Crippen molar-refractivity contribution in [3.05, 3.63) is 18.2 Å². The molecule has 1 amide bonds. The van der Waals surface area contributed by atoms with Crippen molar-refractivity contribution >= 4 is 11.6 Å². The van der Waals surface area contributed by atoms with Crippen molar-refractivity contribution < 1.29 is 23.0 Å². The van der Waals surface area contributed by atoms with Crippen LogP contribution in [0.3, 0.4) is 0 Å². The maximum Gasteiger partial charge on any atom is 0.387 e. The van der Waals surface area contributed by atoms with E-state index in [4.69, 9.17) is 4.74 Å². The molecule has 1 fully saturated rings. The summed E-state index contributed by atoms with van der Waals surface area (Å²) < 4.78 is 34.2. The van der Waals surface area contributed by atoms with Gasteiger partial charge in [0.1, 0.15) is 0 Å². The number of alkyl halides is 2. The molecule has 1 aliphatic carbocycles. The molecule has 0 heterocycles. The van der Waals surface area contributed by atoms with Gasteiger partial charge >= 0.3 is 6.61 Å². The fourth-order valence-corrected chi connectivity index (χ4v) is 2.95. The van der Waals surface area contributed by atoms with Crippen LogP contribution in [0, 0.1) is 5.92 Å². The minimum absolute atomic E-state index is 0.0705. The van der Waals surface area contributed by atoms with Crippen molar-refractivity contribution in [3.8, 4) is 11.5 Å². The van der Waals surface area contributed by atoms with Crippen LogP contribution < -0.4 is 20.1 Å². The first-order valence-electron chi connectivity index (χ1n) is 8.15. The van der Waals surface area contributed by atoms with Crippen molar-refractivity contribution in [2.45, 2.75) is 45.3 Å². The Kier molecular flexibility index (Phi) is 6.63. The van der Waals surface area contributed by atoms with Crippen molar-refractivity contribution in [2.24, 2.45) is 5.92 Å². The Labute approximate surface area is 140 Å². The number of hydrogen-bond donors (Lipinski definition) is 2. The third-order valence-electron chi connectivity index (χ3n) is 4.29. The molecule has 5 nitrogen and oxygen atoms in total. The van der Waals surface area contributed by atoms with Gasteiger partial charge in [0.15, 0.2) is 11.5 Å². The van der Waals surface area contributed by atoms with Crippen LogP contribution >= 0.6 is 0 Å². The zero-order chi connectivity index (χ0) is 17.5. The van der Waals surface area contributed by atoms with E-state index in [9.17, 15) is 13.6 Å². The number of ether oxygens (including phenoxy) is 2. The van der Waals surface area contributed by atoms with E-state index in [1.165, 1.54) is 25.7 Å². The van der Waals surface area contributed by atoms with Crippen LogP contribution in [0.15, 0.2) is 18.2 Å². The molecule has 0 saturated heterocycles. The number of carbonyl (C=O) groups excluding carboxylic acids is 1. The molecule has 0 bridgehead atoms. The van der Waals surface area contributed by atoms with E-state index in [1.54, 1.807) is 6.07 Å². The van der Waals surface area contributed by atoms with Gasteiger partial charge in [0.05, 0.1) is 13.7 Å². The highest BCUT2D eigenvalue weighted by molar-refractivity contribution is 5.81. The summed E-state index contributed by atoms with van der Waals surface area (Å²) in [6.07, 6.45) is 4.48. The molecule has 0 radical (unpaired) electrons. The summed E-state index contributed by atoms with van der Waals surface area (Å²) in [4.78, 5) is 12.1. The molecule has 0 aromatic heterocycles. The summed E-state index contributed by atoms with van der Waals surface area (Å²) in [5.74, 6) is 0.510. The van der Waals surface area contributed by atoms with Crippen LogP contribution in [-0.2, 0) is 4.79 Å². The van der Waals surface area contributed by atoms with Gasteiger partial charge in [-0.2, -0.15) is 8.78 Å². The fraction of sp³-hybridized carbons (Fsp3) is 0.588. The molecule has 24 heavy (non-hydrogen) atoms. The van der Waals surface area contributed by atoms with Crippen molar-refractivity contribution in [3.63, 3.8) is 0 Å². The number of nitrogens with one attached hydrogen (secondary N) is 2. The largest absolute Gasteiger partial charge is 0.493 e. The number of amides is 1. The lowest BCUT2D eigenvalue weighted by Gasteiger charge is -2.29. The highest BCUT2D eigenvalue weighted by atomic mass is 19.3. The maximum absolute atomic E-state index is 12.4. The summed E-state index contributed by atoms with van der Waals surface area (Å²) in [7, 11) is 1.37. The van der Waals surface area contributed by atoms with E-state index in [2.05, 4.69) is 22.3 Å². The highest BCUT2D eigenvalue weighted by Gasteiger charge is 2.22. The molecule has 2 rings (SSSR count). The van der Waals surface area contributed by atoms with Crippen LogP contribution in [0.25, 0.3) is 0 Å². The average Bonchev–Trinajstić information content (AvgIpc) is 2.55. The van der Waals surface area contributed by atoms with Crippen molar-refractivity contribution in [1.29, 1.82) is 0 Å². The van der Waals surface area contributed by atoms with Gasteiger partial charge in [-0.05, 0) is 30.9 Å². The Balaban J connectivity index is 1.89. The number of benzene rings is 1. The van der Waals surface area contributed by atoms with E-state index >= 15 is 0 Å².